The van der Waals surface area contributed by atoms with Crippen molar-refractivity contribution in [2.24, 2.45) is 0 Å². The molecule has 8 heteroatoms. The number of ether oxygens (including phenoxy) is 1. The van der Waals surface area contributed by atoms with E-state index < -0.39 is 0 Å². The number of methoxy groups -OCH3 is 1. The van der Waals surface area contributed by atoms with Crippen LogP contribution in [0.5, 0.6) is 0 Å². The lowest BCUT2D eigenvalue weighted by atomic mass is 10.1. The molecule has 3 aromatic rings. The Kier molecular flexibility index (Phi) is 5.43. The summed E-state index contributed by atoms with van der Waals surface area (Å²) in [6, 6.07) is 5.45. The number of hydrogen-bond donors (Lipinski definition) is 1. The third-order valence-electron chi connectivity index (χ3n) is 4.27. The standard InChI is InChI=1S/C18H24N6O2/c1-12-20-17-16(24(12)9-8-23(2)3)14-11-13(5-6-15(14)21-22-17)18(25)19-7-10-26-4/h5-6,11H,7-10H2,1-4H3,(H,19,25). The second-order valence-corrected chi connectivity index (χ2v) is 6.47. The van der Waals surface area contributed by atoms with Crippen molar-refractivity contribution in [2.75, 3.05) is 40.9 Å². The number of nitrogens with one attached hydrogen (secondary N) is 1. The van der Waals surface area contributed by atoms with Gasteiger partial charge in [-0.1, -0.05) is 0 Å². The quantitative estimate of drug-likeness (QED) is 0.641. The van der Waals surface area contributed by atoms with Crippen LogP contribution >= 0.6 is 0 Å². The van der Waals surface area contributed by atoms with Crippen molar-refractivity contribution >= 4 is 28.0 Å². The zero-order valence-electron chi connectivity index (χ0n) is 15.6. The fourth-order valence-corrected chi connectivity index (χ4v) is 2.88. The summed E-state index contributed by atoms with van der Waals surface area (Å²) in [7, 11) is 5.68. The van der Waals surface area contributed by atoms with Crippen LogP contribution in [-0.4, -0.2) is 71.5 Å². The zero-order chi connectivity index (χ0) is 18.7. The van der Waals surface area contributed by atoms with E-state index in [1.165, 1.54) is 0 Å². The fraction of sp³-hybridized carbons (Fsp3) is 0.444. The van der Waals surface area contributed by atoms with Gasteiger partial charge in [-0.25, -0.2) is 4.98 Å². The second kappa shape index (κ2) is 7.76. The molecule has 1 aromatic carbocycles. The molecule has 0 spiro atoms. The van der Waals surface area contributed by atoms with Crippen LogP contribution in [-0.2, 0) is 11.3 Å². The number of fused-ring (bicyclic) bond motifs is 3. The summed E-state index contributed by atoms with van der Waals surface area (Å²) in [5, 5.41) is 12.2. The molecule has 138 valence electrons. The second-order valence-electron chi connectivity index (χ2n) is 6.47. The molecule has 0 radical (unpaired) electrons. The maximum absolute atomic E-state index is 12.4. The minimum absolute atomic E-state index is 0.134. The van der Waals surface area contributed by atoms with Gasteiger partial charge in [0.05, 0.1) is 17.6 Å². The Hall–Kier alpha value is -2.58. The Morgan fingerprint density at radius 3 is 2.85 bits per heavy atom. The Labute approximate surface area is 152 Å². The van der Waals surface area contributed by atoms with Gasteiger partial charge in [-0.15, -0.1) is 10.2 Å². The van der Waals surface area contributed by atoms with E-state index >= 15 is 0 Å². The number of likely N-dealkylation sites (N-methyl/N-ethyl adjacent to an activating group) is 1. The Morgan fingerprint density at radius 1 is 1.31 bits per heavy atom. The highest BCUT2D eigenvalue weighted by Crippen LogP contribution is 2.24. The molecule has 0 atom stereocenters. The Morgan fingerprint density at radius 2 is 2.12 bits per heavy atom. The van der Waals surface area contributed by atoms with Gasteiger partial charge < -0.3 is 19.5 Å². The number of aromatic nitrogens is 4. The van der Waals surface area contributed by atoms with Crippen molar-refractivity contribution in [1.82, 2.24) is 30.0 Å². The molecule has 1 N–H and O–H groups in total. The molecule has 2 heterocycles. The summed E-state index contributed by atoms with van der Waals surface area (Å²) in [4.78, 5) is 19.0. The van der Waals surface area contributed by atoms with Gasteiger partial charge in [-0.3, -0.25) is 4.79 Å². The van der Waals surface area contributed by atoms with Crippen molar-refractivity contribution < 1.29 is 9.53 Å². The van der Waals surface area contributed by atoms with E-state index in [9.17, 15) is 4.79 Å². The van der Waals surface area contributed by atoms with Gasteiger partial charge in [0.2, 0.25) is 5.65 Å². The van der Waals surface area contributed by atoms with Crippen LogP contribution in [0.15, 0.2) is 18.2 Å². The number of carbonyl (C=O) groups excluding carboxylic acids is 1. The molecule has 0 bridgehead atoms. The van der Waals surface area contributed by atoms with Gasteiger partial charge in [0.1, 0.15) is 5.82 Å². The van der Waals surface area contributed by atoms with Crippen molar-refractivity contribution in [3.63, 3.8) is 0 Å². The molecule has 0 fully saturated rings. The number of benzene rings is 1. The maximum atomic E-state index is 12.4. The van der Waals surface area contributed by atoms with Crippen LogP contribution in [0.1, 0.15) is 16.2 Å². The van der Waals surface area contributed by atoms with E-state index in [1.807, 2.05) is 33.2 Å². The first-order valence-electron chi connectivity index (χ1n) is 8.56. The summed E-state index contributed by atoms with van der Waals surface area (Å²) in [6.45, 7) is 4.58. The van der Waals surface area contributed by atoms with Crippen LogP contribution in [0.2, 0.25) is 0 Å². The summed E-state index contributed by atoms with van der Waals surface area (Å²) >= 11 is 0. The molecule has 2 aromatic heterocycles. The number of amides is 1. The van der Waals surface area contributed by atoms with Gasteiger partial charge in [0.25, 0.3) is 5.91 Å². The number of carbonyl (C=O) groups is 1. The number of imidazole rings is 1. The van der Waals surface area contributed by atoms with Crippen LogP contribution in [0.25, 0.3) is 22.1 Å². The fourth-order valence-electron chi connectivity index (χ4n) is 2.88. The van der Waals surface area contributed by atoms with Gasteiger partial charge in [-0.05, 0) is 39.2 Å². The first-order valence-corrected chi connectivity index (χ1v) is 8.56. The molecule has 26 heavy (non-hydrogen) atoms. The van der Waals surface area contributed by atoms with E-state index in [2.05, 4.69) is 30.0 Å². The predicted octanol–water partition coefficient (Wildman–Crippen LogP) is 1.23. The monoisotopic (exact) mass is 356 g/mol. The largest absolute Gasteiger partial charge is 0.383 e. The highest BCUT2D eigenvalue weighted by molar-refractivity contribution is 6.05. The molecule has 0 unspecified atom stereocenters. The predicted molar refractivity (Wildman–Crippen MR) is 100 cm³/mol. The van der Waals surface area contributed by atoms with Crippen molar-refractivity contribution in [3.8, 4) is 0 Å². The molecule has 0 saturated carbocycles. The molecule has 3 rings (SSSR count). The van der Waals surface area contributed by atoms with Crippen LogP contribution in [0.4, 0.5) is 0 Å². The number of nitrogens with zero attached hydrogens (tertiary/aromatic N) is 5. The first-order chi connectivity index (χ1) is 12.5. The van der Waals surface area contributed by atoms with E-state index in [4.69, 9.17) is 4.74 Å². The highest BCUT2D eigenvalue weighted by Gasteiger charge is 2.15. The van der Waals surface area contributed by atoms with Gasteiger partial charge in [0, 0.05) is 37.7 Å². The minimum Gasteiger partial charge on any atom is -0.383 e. The van der Waals surface area contributed by atoms with E-state index in [1.54, 1.807) is 13.2 Å². The average molecular weight is 356 g/mol. The van der Waals surface area contributed by atoms with Crippen LogP contribution < -0.4 is 5.32 Å². The van der Waals surface area contributed by atoms with Gasteiger partial charge in [-0.2, -0.15) is 0 Å². The topological polar surface area (TPSA) is 85.2 Å². The first kappa shape index (κ1) is 18.2. The van der Waals surface area contributed by atoms with Crippen molar-refractivity contribution in [1.29, 1.82) is 0 Å². The maximum Gasteiger partial charge on any atom is 0.251 e. The molecule has 0 aliphatic carbocycles. The van der Waals surface area contributed by atoms with Gasteiger partial charge >= 0.3 is 0 Å². The van der Waals surface area contributed by atoms with E-state index in [-0.39, 0.29) is 5.91 Å². The molecule has 0 aliphatic rings. The average Bonchev–Trinajstić information content (AvgIpc) is 2.95. The normalized spacial score (nSPS) is 11.6. The lowest BCUT2D eigenvalue weighted by Gasteiger charge is -2.13. The molecule has 8 nitrogen and oxygen atoms in total. The van der Waals surface area contributed by atoms with Gasteiger partial charge in [0.15, 0.2) is 0 Å². The number of hydrogen-bond acceptors (Lipinski definition) is 6. The smallest absolute Gasteiger partial charge is 0.251 e. The zero-order valence-corrected chi connectivity index (χ0v) is 15.6. The lowest BCUT2D eigenvalue weighted by Crippen LogP contribution is -2.26. The molecule has 0 aliphatic heterocycles. The third-order valence-corrected chi connectivity index (χ3v) is 4.27. The van der Waals surface area contributed by atoms with Crippen molar-refractivity contribution in [2.45, 2.75) is 13.5 Å². The third kappa shape index (κ3) is 3.66. The number of rotatable bonds is 7. The highest BCUT2D eigenvalue weighted by atomic mass is 16.5. The lowest BCUT2D eigenvalue weighted by molar-refractivity contribution is 0.0937. The SMILES string of the molecule is COCCNC(=O)c1ccc2nnc3nc(C)n(CCN(C)C)c3c2c1. The van der Waals surface area contributed by atoms with Crippen LogP contribution in [0.3, 0.4) is 0 Å². The molecule has 0 saturated heterocycles. The molecule has 1 amide bonds. The van der Waals surface area contributed by atoms with E-state index in [0.717, 1.165) is 35.3 Å². The van der Waals surface area contributed by atoms with Crippen molar-refractivity contribution in [3.05, 3.63) is 29.6 Å². The Bertz CT molecular complexity index is 934. The minimum atomic E-state index is -0.134. The molecular formula is C18H24N6O2. The summed E-state index contributed by atoms with van der Waals surface area (Å²) < 4.78 is 7.11. The summed E-state index contributed by atoms with van der Waals surface area (Å²) in [5.74, 6) is 0.753. The number of aryl methyl sites for hydroxylation is 1. The summed E-state index contributed by atoms with van der Waals surface area (Å²) in [5.41, 5.74) is 2.85. The Balaban J connectivity index is 2.05. The molecular weight excluding hydrogens is 332 g/mol. The summed E-state index contributed by atoms with van der Waals surface area (Å²) in [6.07, 6.45) is 0. The van der Waals surface area contributed by atoms with E-state index in [0.29, 0.717) is 24.4 Å². The van der Waals surface area contributed by atoms with Crippen LogP contribution in [0, 0.1) is 6.92 Å².